The monoisotopic (exact) mass is 352 g/mol. The molecule has 7 N–H and O–H groups in total. The topological polar surface area (TPSA) is 194 Å². The Morgan fingerprint density at radius 1 is 1.18 bits per heavy atom. The van der Waals surface area contributed by atoms with Crippen molar-refractivity contribution < 1.29 is 28.8 Å². The third kappa shape index (κ3) is 27.8. The zero-order chi connectivity index (χ0) is 16.5. The molecule has 0 spiro atoms. The second-order valence-electron chi connectivity index (χ2n) is 4.96. The van der Waals surface area contributed by atoms with Gasteiger partial charge in [0.05, 0.1) is 7.82 Å². The predicted octanol–water partition coefficient (Wildman–Crippen LogP) is -1.02. The van der Waals surface area contributed by atoms with E-state index in [1.807, 2.05) is 27.7 Å². The van der Waals surface area contributed by atoms with Crippen LogP contribution in [0.15, 0.2) is 0 Å². The van der Waals surface area contributed by atoms with Crippen molar-refractivity contribution in [2.75, 3.05) is 13.1 Å². The first-order chi connectivity index (χ1) is 8.82. The Labute approximate surface area is 146 Å². The van der Waals surface area contributed by atoms with Gasteiger partial charge >= 0.3 is 35.1 Å². The number of phosphoric acid groups is 1. The van der Waals surface area contributed by atoms with Gasteiger partial charge in [0.2, 0.25) is 0 Å². The smallest absolute Gasteiger partial charge is 0.790 e. The molecule has 4 amide bonds. The van der Waals surface area contributed by atoms with Gasteiger partial charge in [0.1, 0.15) is 0 Å². The fourth-order valence-electron chi connectivity index (χ4n) is 1.31. The zero-order valence-corrected chi connectivity index (χ0v) is 15.8. The standard InChI is InChI=1S/C10H21N3O2.Mg.H3N.H3O4P/c1-7(2)5-13(6-8(3)4)10(15)12-9(11)14;;;1-5(2,3)4/h7-8H,5-6H2,1-4H3,(H3,11,12,14,15);;1H3;(H3,1,2,3,4)/q;+2;;/p-2. The van der Waals surface area contributed by atoms with E-state index in [0.717, 1.165) is 0 Å². The SMILES string of the molecule is CC(C)CN(CC(C)C)C(=O)NC(N)=O.N.O=P([O-])([O-])O.[Mg+2]. The number of amides is 4. The average molecular weight is 353 g/mol. The largest absolute Gasteiger partial charge is 2.00 e. The van der Waals surface area contributed by atoms with Crippen LogP contribution in [-0.2, 0) is 4.57 Å². The van der Waals surface area contributed by atoms with E-state index in [4.69, 9.17) is 25.0 Å². The summed E-state index contributed by atoms with van der Waals surface area (Å²) in [4.78, 5) is 48.0. The van der Waals surface area contributed by atoms with Gasteiger partial charge in [0.25, 0.3) is 0 Å². The van der Waals surface area contributed by atoms with E-state index in [1.54, 1.807) is 4.90 Å². The van der Waals surface area contributed by atoms with Crippen LogP contribution in [0.5, 0.6) is 0 Å². The molecule has 10 nitrogen and oxygen atoms in total. The van der Waals surface area contributed by atoms with E-state index >= 15 is 0 Å². The Bertz CT molecular complexity index is 345. The van der Waals surface area contributed by atoms with Crippen molar-refractivity contribution in [1.29, 1.82) is 0 Å². The zero-order valence-electron chi connectivity index (χ0n) is 13.4. The van der Waals surface area contributed by atoms with Crippen molar-refractivity contribution in [3.8, 4) is 0 Å². The van der Waals surface area contributed by atoms with Gasteiger partial charge in [0, 0.05) is 13.1 Å². The quantitative estimate of drug-likeness (QED) is 0.367. The number of rotatable bonds is 4. The van der Waals surface area contributed by atoms with Gasteiger partial charge in [-0.15, -0.1) is 0 Å². The molecule has 0 fully saturated rings. The summed E-state index contributed by atoms with van der Waals surface area (Å²) in [5.74, 6) is 0.727. The van der Waals surface area contributed by atoms with Crippen LogP contribution in [0.1, 0.15) is 27.7 Å². The van der Waals surface area contributed by atoms with Crippen LogP contribution < -0.4 is 27.0 Å². The molecule has 22 heavy (non-hydrogen) atoms. The number of nitrogens with two attached hydrogens (primary N) is 1. The maximum atomic E-state index is 11.5. The van der Waals surface area contributed by atoms with Crippen LogP contribution in [-0.4, -0.2) is 58.0 Å². The summed E-state index contributed by atoms with van der Waals surface area (Å²) in [6, 6.07) is -1.22. The Balaban J connectivity index is -0.000000201. The fourth-order valence-corrected chi connectivity index (χ4v) is 1.31. The number of nitrogens with zero attached hydrogens (tertiary/aromatic N) is 1. The van der Waals surface area contributed by atoms with Crippen LogP contribution in [0.25, 0.3) is 0 Å². The summed E-state index contributed by atoms with van der Waals surface area (Å²) < 4.78 is 8.66. The van der Waals surface area contributed by atoms with Gasteiger partial charge in [-0.05, 0) is 11.8 Å². The van der Waals surface area contributed by atoms with E-state index in [-0.39, 0.29) is 29.2 Å². The van der Waals surface area contributed by atoms with Crippen molar-refractivity contribution in [3.63, 3.8) is 0 Å². The predicted molar refractivity (Wildman–Crippen MR) is 80.0 cm³/mol. The molecule has 0 saturated carbocycles. The molecule has 0 aliphatic heterocycles. The average Bonchev–Trinajstić information content (AvgIpc) is 2.10. The van der Waals surface area contributed by atoms with Crippen LogP contribution >= 0.6 is 7.82 Å². The Morgan fingerprint density at radius 2 is 1.45 bits per heavy atom. The minimum atomic E-state index is -5.14. The maximum absolute atomic E-state index is 11.5. The molecule has 128 valence electrons. The molecule has 0 heterocycles. The summed E-state index contributed by atoms with van der Waals surface area (Å²) in [6.45, 7) is 9.32. The number of hydrogen-bond acceptors (Lipinski definition) is 6. The van der Waals surface area contributed by atoms with Gasteiger partial charge in [-0.1, -0.05) is 27.7 Å². The molecule has 0 saturated heterocycles. The fraction of sp³-hybridized carbons (Fsp3) is 0.800. The van der Waals surface area contributed by atoms with Gasteiger partial charge in [-0.3, -0.25) is 5.32 Å². The molecule has 0 aromatic carbocycles. The molecule has 0 bridgehead atoms. The van der Waals surface area contributed by atoms with Gasteiger partial charge in [-0.25, -0.2) is 9.59 Å². The number of carbonyl (C=O) groups excluding carboxylic acids is 2. The minimum Gasteiger partial charge on any atom is -0.790 e. The number of nitrogens with one attached hydrogen (secondary N) is 1. The van der Waals surface area contributed by atoms with E-state index in [2.05, 4.69) is 5.32 Å². The number of primary amides is 1. The number of imide groups is 1. The number of hydrogen-bond donors (Lipinski definition) is 4. The third-order valence-corrected chi connectivity index (χ3v) is 1.69. The maximum Gasteiger partial charge on any atom is 2.00 e. The molecular formula is C10H25MgN4O6P. The van der Waals surface area contributed by atoms with Crippen LogP contribution in [0.2, 0.25) is 0 Å². The molecule has 0 radical (unpaired) electrons. The van der Waals surface area contributed by atoms with E-state index < -0.39 is 19.9 Å². The second kappa shape index (κ2) is 14.2. The van der Waals surface area contributed by atoms with Gasteiger partial charge < -0.3 is 36.0 Å². The van der Waals surface area contributed by atoms with Crippen LogP contribution in [0.3, 0.4) is 0 Å². The minimum absolute atomic E-state index is 0. The van der Waals surface area contributed by atoms with Crippen LogP contribution in [0, 0.1) is 11.8 Å². The molecule has 0 atom stereocenters. The summed E-state index contributed by atoms with van der Waals surface area (Å²) in [7, 11) is -5.14. The Kier molecular flexibility index (Phi) is 19.1. The summed E-state index contributed by atoms with van der Waals surface area (Å²) in [5.41, 5.74) is 4.90. The first kappa shape index (κ1) is 29.6. The van der Waals surface area contributed by atoms with E-state index in [1.165, 1.54) is 0 Å². The van der Waals surface area contributed by atoms with E-state index in [9.17, 15) is 9.59 Å². The molecule has 0 unspecified atom stereocenters. The van der Waals surface area contributed by atoms with Crippen molar-refractivity contribution in [2.24, 2.45) is 17.6 Å². The van der Waals surface area contributed by atoms with Gasteiger partial charge in [0.15, 0.2) is 0 Å². The first-order valence-corrected chi connectivity index (χ1v) is 7.42. The molecule has 0 rings (SSSR count). The van der Waals surface area contributed by atoms with Crippen molar-refractivity contribution in [2.45, 2.75) is 27.7 Å². The van der Waals surface area contributed by atoms with Crippen molar-refractivity contribution in [3.05, 3.63) is 0 Å². The number of carbonyl (C=O) groups is 2. The third-order valence-electron chi connectivity index (χ3n) is 1.69. The normalized spacial score (nSPS) is 9.86. The van der Waals surface area contributed by atoms with Gasteiger partial charge in [-0.2, -0.15) is 0 Å². The first-order valence-electron chi connectivity index (χ1n) is 5.93. The van der Waals surface area contributed by atoms with Crippen LogP contribution in [0.4, 0.5) is 9.59 Å². The molecule has 0 aliphatic carbocycles. The second-order valence-corrected chi connectivity index (χ2v) is 5.89. The molecular weight excluding hydrogens is 327 g/mol. The summed E-state index contributed by atoms with van der Waals surface area (Å²) in [6.07, 6.45) is 0. The molecule has 0 aromatic rings. The van der Waals surface area contributed by atoms with Crippen molar-refractivity contribution >= 4 is 42.9 Å². The number of urea groups is 2. The van der Waals surface area contributed by atoms with Crippen molar-refractivity contribution in [1.82, 2.24) is 16.4 Å². The Morgan fingerprint density at radius 3 is 1.64 bits per heavy atom. The molecule has 0 aliphatic rings. The Hall–Kier alpha value is -0.424. The summed E-state index contributed by atoms with van der Waals surface area (Å²) >= 11 is 0. The molecule has 12 heteroatoms. The summed E-state index contributed by atoms with van der Waals surface area (Å²) in [5, 5.41) is 2.08. The molecule has 0 aromatic heterocycles. The van der Waals surface area contributed by atoms with E-state index in [0.29, 0.717) is 24.9 Å².